The van der Waals surface area contributed by atoms with Crippen molar-refractivity contribution in [1.82, 2.24) is 24.0 Å². The van der Waals surface area contributed by atoms with E-state index in [-0.39, 0.29) is 28.5 Å². The van der Waals surface area contributed by atoms with E-state index in [4.69, 9.17) is 4.42 Å². The summed E-state index contributed by atoms with van der Waals surface area (Å²) in [4.78, 5) is 48.2. The molecule has 0 atom stereocenters. The first kappa shape index (κ1) is 18.5. The highest BCUT2D eigenvalue weighted by Crippen LogP contribution is 2.26. The van der Waals surface area contributed by atoms with Gasteiger partial charge in [-0.1, -0.05) is 11.8 Å². The van der Waals surface area contributed by atoms with Crippen molar-refractivity contribution < 1.29 is 9.21 Å². The van der Waals surface area contributed by atoms with Gasteiger partial charge in [0.05, 0.1) is 12.0 Å². The Morgan fingerprint density at radius 1 is 1.18 bits per heavy atom. The summed E-state index contributed by atoms with van der Waals surface area (Å²) in [6.45, 7) is 1.52. The first-order chi connectivity index (χ1) is 13.5. The average molecular weight is 401 g/mol. The van der Waals surface area contributed by atoms with Crippen LogP contribution in [0, 0.1) is 0 Å². The van der Waals surface area contributed by atoms with E-state index in [0.717, 1.165) is 30.5 Å². The Balaban J connectivity index is 1.83. The van der Waals surface area contributed by atoms with E-state index in [9.17, 15) is 14.4 Å². The highest BCUT2D eigenvalue weighted by Gasteiger charge is 2.22. The van der Waals surface area contributed by atoms with Crippen LogP contribution in [0.15, 0.2) is 37.4 Å². The number of likely N-dealkylation sites (tertiary alicyclic amines) is 1. The number of hydrogen-bond acceptors (Lipinski definition) is 7. The van der Waals surface area contributed by atoms with Crippen molar-refractivity contribution in [2.75, 3.05) is 18.8 Å². The van der Waals surface area contributed by atoms with Crippen molar-refractivity contribution in [1.29, 1.82) is 0 Å². The molecular formula is C18H19N5O4S. The Hall–Kier alpha value is -2.88. The number of aromatic nitrogens is 4. The second kappa shape index (κ2) is 7.27. The highest BCUT2D eigenvalue weighted by atomic mass is 32.2. The van der Waals surface area contributed by atoms with E-state index in [0.29, 0.717) is 10.8 Å². The van der Waals surface area contributed by atoms with Gasteiger partial charge in [-0.05, 0) is 25.0 Å². The number of fused-ring (bicyclic) bond motifs is 1. The molecule has 0 N–H and O–H groups in total. The van der Waals surface area contributed by atoms with Crippen LogP contribution in [0.1, 0.15) is 12.8 Å². The van der Waals surface area contributed by atoms with Crippen LogP contribution in [0.25, 0.3) is 22.6 Å². The molecule has 1 aliphatic heterocycles. The van der Waals surface area contributed by atoms with Gasteiger partial charge < -0.3 is 9.32 Å². The third kappa shape index (κ3) is 3.13. The minimum absolute atomic E-state index is 0.00968. The molecule has 10 heteroatoms. The largest absolute Gasteiger partial charge is 0.461 e. The van der Waals surface area contributed by atoms with Gasteiger partial charge in [0.25, 0.3) is 5.56 Å². The summed E-state index contributed by atoms with van der Waals surface area (Å²) in [7, 11) is 2.96. The molecule has 0 unspecified atom stereocenters. The highest BCUT2D eigenvalue weighted by molar-refractivity contribution is 8.00. The van der Waals surface area contributed by atoms with E-state index >= 15 is 0 Å². The second-order valence-corrected chi connectivity index (χ2v) is 7.57. The molecule has 3 aromatic rings. The first-order valence-electron chi connectivity index (χ1n) is 8.89. The maximum absolute atomic E-state index is 12.8. The lowest BCUT2D eigenvalue weighted by atomic mass is 10.3. The van der Waals surface area contributed by atoms with Crippen molar-refractivity contribution >= 4 is 28.7 Å². The van der Waals surface area contributed by atoms with Crippen molar-refractivity contribution in [3.63, 3.8) is 0 Å². The maximum atomic E-state index is 12.8. The van der Waals surface area contributed by atoms with E-state index in [1.807, 2.05) is 4.90 Å². The fourth-order valence-electron chi connectivity index (χ4n) is 3.24. The summed E-state index contributed by atoms with van der Waals surface area (Å²) in [6, 6.07) is 3.40. The van der Waals surface area contributed by atoms with Crippen LogP contribution in [0.4, 0.5) is 0 Å². The number of carbonyl (C=O) groups excluding carboxylic acids is 1. The van der Waals surface area contributed by atoms with Gasteiger partial charge in [-0.25, -0.2) is 14.8 Å². The van der Waals surface area contributed by atoms with Gasteiger partial charge in [-0.3, -0.25) is 18.7 Å². The van der Waals surface area contributed by atoms with E-state index < -0.39 is 11.2 Å². The van der Waals surface area contributed by atoms with Gasteiger partial charge in [0.15, 0.2) is 17.2 Å². The summed E-state index contributed by atoms with van der Waals surface area (Å²) in [5, 5.41) is 0.583. The van der Waals surface area contributed by atoms with Crippen LogP contribution in [-0.4, -0.2) is 48.8 Å². The third-order valence-corrected chi connectivity index (χ3v) is 5.76. The summed E-state index contributed by atoms with van der Waals surface area (Å²) in [6.07, 6.45) is 3.52. The Labute approximate surface area is 164 Å². The fourth-order valence-corrected chi connectivity index (χ4v) is 4.15. The number of furan rings is 1. The summed E-state index contributed by atoms with van der Waals surface area (Å²) in [5.41, 5.74) is -0.753. The molecule has 0 bridgehead atoms. The van der Waals surface area contributed by atoms with Gasteiger partial charge in [0, 0.05) is 27.2 Å². The zero-order valence-corrected chi connectivity index (χ0v) is 16.4. The summed E-state index contributed by atoms with van der Waals surface area (Å²) < 4.78 is 7.70. The summed E-state index contributed by atoms with van der Waals surface area (Å²) in [5.74, 6) is 0.852. The smallest absolute Gasteiger partial charge is 0.332 e. The zero-order chi connectivity index (χ0) is 19.8. The first-order valence-corrected chi connectivity index (χ1v) is 9.88. The minimum atomic E-state index is -0.486. The summed E-state index contributed by atoms with van der Waals surface area (Å²) >= 11 is 1.18. The fraction of sp³-hybridized carbons (Fsp3) is 0.389. The molecule has 3 aromatic heterocycles. The lowest BCUT2D eigenvalue weighted by molar-refractivity contribution is -0.127. The lowest BCUT2D eigenvalue weighted by Crippen LogP contribution is -2.37. The second-order valence-electron chi connectivity index (χ2n) is 6.61. The normalized spacial score (nSPS) is 14.1. The maximum Gasteiger partial charge on any atom is 0.332 e. The third-order valence-electron chi connectivity index (χ3n) is 4.80. The van der Waals surface area contributed by atoms with Crippen LogP contribution < -0.4 is 11.2 Å². The van der Waals surface area contributed by atoms with Crippen LogP contribution in [0.2, 0.25) is 0 Å². The standard InChI is InChI=1S/C18H19N5O4S/c1-21-15-13(17(25)22(2)18(21)26)16(20-14(19-15)11-6-5-9-27-11)28-10-12(24)23-7-3-4-8-23/h5-6,9H,3-4,7-8,10H2,1-2H3. The molecule has 28 heavy (non-hydrogen) atoms. The van der Waals surface area contributed by atoms with Gasteiger partial charge in [0.2, 0.25) is 5.91 Å². The molecule has 0 radical (unpaired) electrons. The molecular weight excluding hydrogens is 382 g/mol. The average Bonchev–Trinajstić information content (AvgIpc) is 3.42. The molecule has 4 heterocycles. The molecule has 9 nitrogen and oxygen atoms in total. The van der Waals surface area contributed by atoms with Crippen molar-refractivity contribution in [2.45, 2.75) is 17.9 Å². The minimum Gasteiger partial charge on any atom is -0.461 e. The Morgan fingerprint density at radius 2 is 1.93 bits per heavy atom. The molecule has 1 saturated heterocycles. The predicted molar refractivity (Wildman–Crippen MR) is 104 cm³/mol. The number of aryl methyl sites for hydroxylation is 1. The molecule has 4 rings (SSSR count). The number of carbonyl (C=O) groups is 1. The molecule has 0 aliphatic carbocycles. The number of hydrogen-bond donors (Lipinski definition) is 0. The van der Waals surface area contributed by atoms with E-state index in [2.05, 4.69) is 9.97 Å². The molecule has 0 spiro atoms. The van der Waals surface area contributed by atoms with Crippen LogP contribution in [0.3, 0.4) is 0 Å². The van der Waals surface area contributed by atoms with E-state index in [1.54, 1.807) is 19.2 Å². The van der Waals surface area contributed by atoms with Gasteiger partial charge in [-0.2, -0.15) is 0 Å². The van der Waals surface area contributed by atoms with Crippen molar-refractivity contribution in [3.05, 3.63) is 39.2 Å². The van der Waals surface area contributed by atoms with Gasteiger partial charge in [0.1, 0.15) is 10.4 Å². The van der Waals surface area contributed by atoms with Crippen LogP contribution in [-0.2, 0) is 18.9 Å². The molecule has 0 saturated carbocycles. The number of thioether (sulfide) groups is 1. The molecule has 1 fully saturated rings. The quantitative estimate of drug-likeness (QED) is 0.475. The van der Waals surface area contributed by atoms with E-state index in [1.165, 1.54) is 29.6 Å². The van der Waals surface area contributed by atoms with Crippen molar-refractivity contribution in [3.8, 4) is 11.6 Å². The molecule has 0 aromatic carbocycles. The van der Waals surface area contributed by atoms with Gasteiger partial charge >= 0.3 is 5.69 Å². The number of nitrogens with zero attached hydrogens (tertiary/aromatic N) is 5. The van der Waals surface area contributed by atoms with Crippen molar-refractivity contribution in [2.24, 2.45) is 14.1 Å². The van der Waals surface area contributed by atoms with Crippen LogP contribution in [0.5, 0.6) is 0 Å². The molecule has 1 aliphatic rings. The Morgan fingerprint density at radius 3 is 2.61 bits per heavy atom. The number of amides is 1. The monoisotopic (exact) mass is 401 g/mol. The zero-order valence-electron chi connectivity index (χ0n) is 15.5. The van der Waals surface area contributed by atoms with Crippen LogP contribution >= 0.6 is 11.8 Å². The SMILES string of the molecule is Cn1c(=O)c2c(SCC(=O)N3CCCC3)nc(-c3ccco3)nc2n(C)c1=O. The lowest BCUT2D eigenvalue weighted by Gasteiger charge is -2.15. The number of rotatable bonds is 4. The predicted octanol–water partition coefficient (Wildman–Crippen LogP) is 1.00. The molecule has 1 amide bonds. The Bertz CT molecular complexity index is 1160. The molecule has 146 valence electrons. The topological polar surface area (TPSA) is 103 Å². The van der Waals surface area contributed by atoms with Gasteiger partial charge in [-0.15, -0.1) is 0 Å². The Kier molecular flexibility index (Phi) is 4.80.